The minimum atomic E-state index is 0.0719. The summed E-state index contributed by atoms with van der Waals surface area (Å²) in [6.45, 7) is 6.89. The summed E-state index contributed by atoms with van der Waals surface area (Å²) < 4.78 is 0. The van der Waals surface area contributed by atoms with E-state index in [0.717, 1.165) is 25.9 Å². The van der Waals surface area contributed by atoms with Gasteiger partial charge in [-0.1, -0.05) is 13.8 Å². The standard InChI is InChI=1S/C11H25N3O/c1-4-6-14(7-5-2)10(9-12)8-11(15)13-3/h10H,4-9,12H2,1-3H3,(H,13,15). The van der Waals surface area contributed by atoms with Crippen LogP contribution in [0.5, 0.6) is 0 Å². The molecule has 3 N–H and O–H groups in total. The molecule has 1 amide bonds. The Morgan fingerprint density at radius 1 is 1.33 bits per heavy atom. The van der Waals surface area contributed by atoms with E-state index in [1.54, 1.807) is 7.05 Å². The minimum Gasteiger partial charge on any atom is -0.359 e. The maximum atomic E-state index is 11.3. The summed E-state index contributed by atoms with van der Waals surface area (Å²) in [7, 11) is 1.67. The number of rotatable bonds is 8. The number of nitrogens with two attached hydrogens (primary N) is 1. The lowest BCUT2D eigenvalue weighted by Gasteiger charge is -2.29. The molecule has 0 aromatic carbocycles. The quantitative estimate of drug-likeness (QED) is 0.622. The van der Waals surface area contributed by atoms with Crippen molar-refractivity contribution in [1.82, 2.24) is 10.2 Å². The van der Waals surface area contributed by atoms with Gasteiger partial charge in [-0.25, -0.2) is 0 Å². The average Bonchev–Trinajstić information content (AvgIpc) is 2.25. The van der Waals surface area contributed by atoms with Crippen LogP contribution in [0.1, 0.15) is 33.1 Å². The number of hydrogen-bond acceptors (Lipinski definition) is 3. The fourth-order valence-corrected chi connectivity index (χ4v) is 1.73. The van der Waals surface area contributed by atoms with E-state index in [0.29, 0.717) is 13.0 Å². The van der Waals surface area contributed by atoms with Crippen LogP contribution in [0, 0.1) is 0 Å². The van der Waals surface area contributed by atoms with E-state index < -0.39 is 0 Å². The second-order valence-electron chi connectivity index (χ2n) is 3.80. The highest BCUT2D eigenvalue weighted by molar-refractivity contribution is 5.76. The summed E-state index contributed by atoms with van der Waals surface area (Å²) in [5, 5.41) is 2.65. The van der Waals surface area contributed by atoms with Crippen LogP contribution in [0.25, 0.3) is 0 Å². The van der Waals surface area contributed by atoms with Gasteiger partial charge in [0, 0.05) is 26.1 Å². The number of nitrogens with zero attached hydrogens (tertiary/aromatic N) is 1. The molecule has 1 atom stereocenters. The van der Waals surface area contributed by atoms with E-state index in [-0.39, 0.29) is 11.9 Å². The first-order valence-corrected chi connectivity index (χ1v) is 5.84. The third-order valence-corrected chi connectivity index (χ3v) is 2.51. The second-order valence-corrected chi connectivity index (χ2v) is 3.80. The topological polar surface area (TPSA) is 58.4 Å². The van der Waals surface area contributed by atoms with Gasteiger partial charge in [0.05, 0.1) is 0 Å². The summed E-state index contributed by atoms with van der Waals surface area (Å²) in [4.78, 5) is 13.6. The number of carbonyl (C=O) groups excluding carboxylic acids is 1. The van der Waals surface area contributed by atoms with Crippen LogP contribution in [0.3, 0.4) is 0 Å². The zero-order valence-corrected chi connectivity index (χ0v) is 10.3. The maximum absolute atomic E-state index is 11.3. The monoisotopic (exact) mass is 215 g/mol. The first kappa shape index (κ1) is 14.4. The summed E-state index contributed by atoms with van der Waals surface area (Å²) in [6.07, 6.45) is 2.71. The lowest BCUT2D eigenvalue weighted by atomic mass is 10.1. The van der Waals surface area contributed by atoms with Crippen molar-refractivity contribution in [2.45, 2.75) is 39.2 Å². The van der Waals surface area contributed by atoms with E-state index in [4.69, 9.17) is 5.73 Å². The van der Waals surface area contributed by atoms with Gasteiger partial charge in [0.1, 0.15) is 0 Å². The number of hydrogen-bond donors (Lipinski definition) is 2. The Bertz CT molecular complexity index is 167. The van der Waals surface area contributed by atoms with Crippen molar-refractivity contribution in [2.24, 2.45) is 5.73 Å². The summed E-state index contributed by atoms with van der Waals surface area (Å²) >= 11 is 0. The fourth-order valence-electron chi connectivity index (χ4n) is 1.73. The molecular formula is C11H25N3O. The lowest BCUT2D eigenvalue weighted by molar-refractivity contribution is -0.121. The Balaban J connectivity index is 4.23. The van der Waals surface area contributed by atoms with Crippen molar-refractivity contribution >= 4 is 5.91 Å². The molecule has 0 aliphatic rings. The predicted octanol–water partition coefficient (Wildman–Crippen LogP) is 0.572. The lowest BCUT2D eigenvalue weighted by Crippen LogP contribution is -2.44. The van der Waals surface area contributed by atoms with Crippen LogP contribution < -0.4 is 11.1 Å². The van der Waals surface area contributed by atoms with Gasteiger partial charge < -0.3 is 11.1 Å². The van der Waals surface area contributed by atoms with Gasteiger partial charge in [-0.15, -0.1) is 0 Å². The van der Waals surface area contributed by atoms with Gasteiger partial charge >= 0.3 is 0 Å². The van der Waals surface area contributed by atoms with Crippen LogP contribution in [-0.4, -0.2) is 43.5 Å². The first-order valence-electron chi connectivity index (χ1n) is 5.84. The van der Waals surface area contributed by atoms with Gasteiger partial charge in [0.25, 0.3) is 0 Å². The van der Waals surface area contributed by atoms with Gasteiger partial charge in [0.15, 0.2) is 0 Å². The van der Waals surface area contributed by atoms with Gasteiger partial charge in [-0.3, -0.25) is 9.69 Å². The highest BCUT2D eigenvalue weighted by Gasteiger charge is 2.18. The molecule has 0 saturated heterocycles. The molecule has 4 nitrogen and oxygen atoms in total. The Hall–Kier alpha value is -0.610. The zero-order valence-electron chi connectivity index (χ0n) is 10.3. The van der Waals surface area contributed by atoms with E-state index in [1.807, 2.05) is 0 Å². The summed E-state index contributed by atoms with van der Waals surface area (Å²) in [5.41, 5.74) is 5.72. The van der Waals surface area contributed by atoms with Crippen LogP contribution in [0.15, 0.2) is 0 Å². The summed E-state index contributed by atoms with van der Waals surface area (Å²) in [5.74, 6) is 0.0719. The average molecular weight is 215 g/mol. The molecule has 0 rings (SSSR count). The second kappa shape index (κ2) is 8.68. The van der Waals surface area contributed by atoms with Crippen LogP contribution in [-0.2, 0) is 4.79 Å². The molecule has 15 heavy (non-hydrogen) atoms. The molecule has 0 spiro atoms. The fraction of sp³-hybridized carbons (Fsp3) is 0.909. The Labute approximate surface area is 93.2 Å². The van der Waals surface area contributed by atoms with E-state index in [9.17, 15) is 4.79 Å². The molecule has 1 unspecified atom stereocenters. The molecule has 0 bridgehead atoms. The maximum Gasteiger partial charge on any atom is 0.221 e. The number of amides is 1. The molecule has 0 heterocycles. The molecule has 0 aromatic rings. The predicted molar refractivity (Wildman–Crippen MR) is 63.7 cm³/mol. The molecule has 0 fully saturated rings. The normalized spacial score (nSPS) is 12.9. The third-order valence-electron chi connectivity index (χ3n) is 2.51. The Kier molecular flexibility index (Phi) is 8.33. The molecule has 90 valence electrons. The van der Waals surface area contributed by atoms with Crippen molar-refractivity contribution in [3.8, 4) is 0 Å². The SMILES string of the molecule is CCCN(CCC)C(CN)CC(=O)NC. The van der Waals surface area contributed by atoms with Crippen molar-refractivity contribution in [2.75, 3.05) is 26.7 Å². The van der Waals surface area contributed by atoms with Crippen LogP contribution >= 0.6 is 0 Å². The van der Waals surface area contributed by atoms with Crippen LogP contribution in [0.4, 0.5) is 0 Å². The molecule has 0 aliphatic carbocycles. The molecule has 4 heteroatoms. The largest absolute Gasteiger partial charge is 0.359 e. The van der Waals surface area contributed by atoms with Crippen molar-refractivity contribution in [3.05, 3.63) is 0 Å². The third kappa shape index (κ3) is 5.74. The molecule has 0 aromatic heterocycles. The molecule has 0 saturated carbocycles. The van der Waals surface area contributed by atoms with Crippen LogP contribution in [0.2, 0.25) is 0 Å². The smallest absolute Gasteiger partial charge is 0.221 e. The Morgan fingerprint density at radius 2 is 1.87 bits per heavy atom. The molecule has 0 radical (unpaired) electrons. The highest BCUT2D eigenvalue weighted by atomic mass is 16.1. The number of nitrogens with one attached hydrogen (secondary N) is 1. The first-order chi connectivity index (χ1) is 7.19. The molecule has 0 aliphatic heterocycles. The van der Waals surface area contributed by atoms with E-state index in [1.165, 1.54) is 0 Å². The number of carbonyl (C=O) groups is 1. The summed E-state index contributed by atoms with van der Waals surface area (Å²) in [6, 6.07) is 0.185. The van der Waals surface area contributed by atoms with Gasteiger partial charge in [-0.05, 0) is 25.9 Å². The van der Waals surface area contributed by atoms with Crippen molar-refractivity contribution < 1.29 is 4.79 Å². The van der Waals surface area contributed by atoms with Crippen molar-refractivity contribution in [3.63, 3.8) is 0 Å². The molecular weight excluding hydrogens is 190 g/mol. The zero-order chi connectivity index (χ0) is 11.7. The van der Waals surface area contributed by atoms with Crippen molar-refractivity contribution in [1.29, 1.82) is 0 Å². The highest BCUT2D eigenvalue weighted by Crippen LogP contribution is 2.05. The van der Waals surface area contributed by atoms with E-state index >= 15 is 0 Å². The Morgan fingerprint density at radius 3 is 2.20 bits per heavy atom. The van der Waals surface area contributed by atoms with Gasteiger partial charge in [0.2, 0.25) is 5.91 Å². The van der Waals surface area contributed by atoms with E-state index in [2.05, 4.69) is 24.1 Å². The minimum absolute atomic E-state index is 0.0719. The van der Waals surface area contributed by atoms with Gasteiger partial charge in [-0.2, -0.15) is 0 Å².